The minimum atomic E-state index is -4.48. The molecule has 98 valence electrons. The highest BCUT2D eigenvalue weighted by atomic mass is 19.4. The highest BCUT2D eigenvalue weighted by molar-refractivity contribution is 5.79. The Bertz CT molecular complexity index is 620. The predicted molar refractivity (Wildman–Crippen MR) is 64.8 cm³/mol. The average molecular weight is 265 g/mol. The zero-order valence-corrected chi connectivity index (χ0v) is 10.0. The second-order valence-corrected chi connectivity index (χ2v) is 4.15. The van der Waals surface area contributed by atoms with Gasteiger partial charge in [0, 0.05) is 17.5 Å². The van der Waals surface area contributed by atoms with Gasteiger partial charge in [-0.25, -0.2) is 0 Å². The first-order chi connectivity index (χ1) is 8.90. The maximum Gasteiger partial charge on any atom is 0.416 e. The largest absolute Gasteiger partial charge is 0.416 e. The molecule has 0 aliphatic heterocycles. The summed E-state index contributed by atoms with van der Waals surface area (Å²) in [4.78, 5) is 14.7. The van der Waals surface area contributed by atoms with Crippen LogP contribution in [0.25, 0.3) is 11.1 Å². The number of nitrogens with zero attached hydrogens (tertiary/aromatic N) is 1. The summed E-state index contributed by atoms with van der Waals surface area (Å²) in [5.74, 6) is 0. The number of hydrogen-bond acceptors (Lipinski definition) is 2. The van der Waals surface area contributed by atoms with E-state index in [-0.39, 0.29) is 5.56 Å². The first-order valence-corrected chi connectivity index (χ1v) is 5.50. The summed E-state index contributed by atoms with van der Waals surface area (Å²) in [6.45, 7) is 1.75. The van der Waals surface area contributed by atoms with Crippen molar-refractivity contribution in [3.8, 4) is 11.1 Å². The van der Waals surface area contributed by atoms with Crippen molar-refractivity contribution in [2.75, 3.05) is 0 Å². The number of pyridine rings is 1. The molecule has 0 fully saturated rings. The van der Waals surface area contributed by atoms with Crippen molar-refractivity contribution in [3.63, 3.8) is 0 Å². The van der Waals surface area contributed by atoms with Gasteiger partial charge in [0.1, 0.15) is 6.29 Å². The Morgan fingerprint density at radius 3 is 2.42 bits per heavy atom. The average Bonchev–Trinajstić information content (AvgIpc) is 2.37. The zero-order valence-electron chi connectivity index (χ0n) is 10.0. The molecule has 1 aromatic carbocycles. The van der Waals surface area contributed by atoms with Gasteiger partial charge in [-0.05, 0) is 48.4 Å². The molecule has 0 saturated carbocycles. The summed E-state index contributed by atoms with van der Waals surface area (Å²) >= 11 is 0. The SMILES string of the molecule is Cc1cc(-c2cc(C=O)cc(C(F)(F)F)c2)ccn1. The van der Waals surface area contributed by atoms with Gasteiger partial charge in [0.25, 0.3) is 0 Å². The van der Waals surface area contributed by atoms with Crippen LogP contribution in [-0.2, 0) is 6.18 Å². The molecule has 0 aliphatic rings. The predicted octanol–water partition coefficient (Wildman–Crippen LogP) is 3.89. The molecule has 0 radical (unpaired) electrons. The lowest BCUT2D eigenvalue weighted by Gasteiger charge is -2.10. The van der Waals surface area contributed by atoms with Gasteiger partial charge in [-0.2, -0.15) is 13.2 Å². The molecule has 5 heteroatoms. The molecule has 0 amide bonds. The van der Waals surface area contributed by atoms with E-state index < -0.39 is 11.7 Å². The molecule has 0 N–H and O–H groups in total. The highest BCUT2D eigenvalue weighted by Gasteiger charge is 2.31. The summed E-state index contributed by atoms with van der Waals surface area (Å²) in [5.41, 5.74) is 0.813. The molecule has 1 aromatic heterocycles. The number of carbonyl (C=O) groups is 1. The molecule has 2 rings (SSSR count). The Kier molecular flexibility index (Phi) is 3.38. The molecule has 19 heavy (non-hydrogen) atoms. The third-order valence-electron chi connectivity index (χ3n) is 2.65. The second-order valence-electron chi connectivity index (χ2n) is 4.15. The Morgan fingerprint density at radius 2 is 1.84 bits per heavy atom. The molecular weight excluding hydrogens is 255 g/mol. The summed E-state index contributed by atoms with van der Waals surface area (Å²) < 4.78 is 38.3. The van der Waals surface area contributed by atoms with Crippen LogP contribution in [0.15, 0.2) is 36.5 Å². The fourth-order valence-electron chi connectivity index (χ4n) is 1.78. The molecule has 0 spiro atoms. The van der Waals surface area contributed by atoms with Gasteiger partial charge >= 0.3 is 6.18 Å². The lowest BCUT2D eigenvalue weighted by molar-refractivity contribution is -0.137. The third kappa shape index (κ3) is 2.99. The lowest BCUT2D eigenvalue weighted by Crippen LogP contribution is -2.06. The number of benzene rings is 1. The number of hydrogen-bond donors (Lipinski definition) is 0. The van der Waals surface area contributed by atoms with Crippen LogP contribution in [0.2, 0.25) is 0 Å². The molecule has 1 heterocycles. The Morgan fingerprint density at radius 1 is 1.11 bits per heavy atom. The van der Waals surface area contributed by atoms with Crippen LogP contribution in [-0.4, -0.2) is 11.3 Å². The van der Waals surface area contributed by atoms with E-state index in [4.69, 9.17) is 0 Å². The van der Waals surface area contributed by atoms with Crippen LogP contribution in [0.4, 0.5) is 13.2 Å². The summed E-state index contributed by atoms with van der Waals surface area (Å²) in [7, 11) is 0. The van der Waals surface area contributed by atoms with Crippen molar-refractivity contribution in [2.45, 2.75) is 13.1 Å². The molecule has 0 bridgehead atoms. The van der Waals surface area contributed by atoms with Gasteiger partial charge in [0.15, 0.2) is 0 Å². The fraction of sp³-hybridized carbons (Fsp3) is 0.143. The maximum atomic E-state index is 12.8. The van der Waals surface area contributed by atoms with Crippen LogP contribution < -0.4 is 0 Å². The summed E-state index contributed by atoms with van der Waals surface area (Å²) in [6.07, 6.45) is -2.55. The molecular formula is C14H10F3NO. The molecule has 0 saturated heterocycles. The van der Waals surface area contributed by atoms with Crippen LogP contribution >= 0.6 is 0 Å². The first kappa shape index (κ1) is 13.3. The van der Waals surface area contributed by atoms with Crippen molar-refractivity contribution in [1.82, 2.24) is 4.98 Å². The number of halogens is 3. The maximum absolute atomic E-state index is 12.8. The van der Waals surface area contributed by atoms with Crippen molar-refractivity contribution >= 4 is 6.29 Å². The summed E-state index contributed by atoms with van der Waals surface area (Å²) in [5, 5.41) is 0. The minimum Gasteiger partial charge on any atom is -0.298 e. The van der Waals surface area contributed by atoms with Gasteiger partial charge in [-0.3, -0.25) is 9.78 Å². The van der Waals surface area contributed by atoms with Crippen molar-refractivity contribution in [1.29, 1.82) is 0 Å². The number of aromatic nitrogens is 1. The van der Waals surface area contributed by atoms with Crippen LogP contribution in [0.3, 0.4) is 0 Å². The fourth-order valence-corrected chi connectivity index (χ4v) is 1.78. The van der Waals surface area contributed by atoms with Gasteiger partial charge in [0.05, 0.1) is 5.56 Å². The highest BCUT2D eigenvalue weighted by Crippen LogP contribution is 2.33. The third-order valence-corrected chi connectivity index (χ3v) is 2.65. The second kappa shape index (κ2) is 4.84. The number of rotatable bonds is 2. The van der Waals surface area contributed by atoms with Crippen molar-refractivity contribution in [3.05, 3.63) is 53.3 Å². The standard InChI is InChI=1S/C14H10F3NO/c1-9-4-11(2-3-18-9)12-5-10(8-19)6-13(7-12)14(15,16)17/h2-8H,1H3. The molecule has 0 aliphatic carbocycles. The Labute approximate surface area is 107 Å². The van der Waals surface area contributed by atoms with Gasteiger partial charge in [0.2, 0.25) is 0 Å². The molecule has 0 atom stereocenters. The van der Waals surface area contributed by atoms with E-state index in [1.54, 1.807) is 19.1 Å². The van der Waals surface area contributed by atoms with E-state index in [1.807, 2.05) is 0 Å². The minimum absolute atomic E-state index is 0.000657. The number of carbonyl (C=O) groups excluding carboxylic acids is 1. The van der Waals surface area contributed by atoms with Crippen LogP contribution in [0, 0.1) is 6.92 Å². The van der Waals surface area contributed by atoms with Gasteiger partial charge < -0.3 is 0 Å². The number of aldehydes is 1. The van der Waals surface area contributed by atoms with Crippen molar-refractivity contribution in [2.24, 2.45) is 0 Å². The van der Waals surface area contributed by atoms with E-state index in [2.05, 4.69) is 4.98 Å². The monoisotopic (exact) mass is 265 g/mol. The van der Waals surface area contributed by atoms with E-state index >= 15 is 0 Å². The smallest absolute Gasteiger partial charge is 0.298 e. The number of aryl methyl sites for hydroxylation is 1. The van der Waals surface area contributed by atoms with Gasteiger partial charge in [-0.15, -0.1) is 0 Å². The van der Waals surface area contributed by atoms with Gasteiger partial charge in [-0.1, -0.05) is 0 Å². The van der Waals surface area contributed by atoms with Crippen LogP contribution in [0.5, 0.6) is 0 Å². The molecule has 2 aromatic rings. The van der Waals surface area contributed by atoms with E-state index in [0.717, 1.165) is 12.1 Å². The first-order valence-electron chi connectivity index (χ1n) is 5.50. The topological polar surface area (TPSA) is 30.0 Å². The van der Waals surface area contributed by atoms with E-state index in [1.165, 1.54) is 12.3 Å². The lowest BCUT2D eigenvalue weighted by atomic mass is 10.00. The van der Waals surface area contributed by atoms with E-state index in [9.17, 15) is 18.0 Å². The number of alkyl halides is 3. The van der Waals surface area contributed by atoms with Crippen molar-refractivity contribution < 1.29 is 18.0 Å². The zero-order chi connectivity index (χ0) is 14.0. The molecule has 2 nitrogen and oxygen atoms in total. The van der Waals surface area contributed by atoms with E-state index in [0.29, 0.717) is 23.1 Å². The van der Waals surface area contributed by atoms with Crippen LogP contribution in [0.1, 0.15) is 21.6 Å². The molecule has 0 unspecified atom stereocenters. The Balaban J connectivity index is 2.60. The summed E-state index contributed by atoms with van der Waals surface area (Å²) in [6, 6.07) is 6.57. The Hall–Kier alpha value is -2.17. The normalized spacial score (nSPS) is 11.4. The quantitative estimate of drug-likeness (QED) is 0.771.